The minimum atomic E-state index is -0.250. The molecule has 1 saturated heterocycles. The maximum atomic E-state index is 5.03. The van der Waals surface area contributed by atoms with Crippen molar-refractivity contribution in [3.8, 4) is 0 Å². The van der Waals surface area contributed by atoms with Crippen molar-refractivity contribution in [2.24, 2.45) is 4.99 Å². The summed E-state index contributed by atoms with van der Waals surface area (Å²) in [5.74, 6) is 1.18. The van der Waals surface area contributed by atoms with Crippen molar-refractivity contribution < 1.29 is 13.2 Å². The molecule has 0 amide bonds. The molecular weight excluding hydrogens is 437 g/mol. The molecule has 0 radical (unpaired) electrons. The van der Waals surface area contributed by atoms with Crippen LogP contribution < -0.4 is 0 Å². The van der Waals surface area contributed by atoms with E-state index < -0.39 is 0 Å². The minimum absolute atomic E-state index is 0.250. The Morgan fingerprint density at radius 2 is 1.60 bits per heavy atom. The first-order valence-electron chi connectivity index (χ1n) is 7.29. The van der Waals surface area contributed by atoms with Crippen molar-refractivity contribution >= 4 is 33.2 Å². The van der Waals surface area contributed by atoms with Gasteiger partial charge in [0.2, 0.25) is 0 Å². The van der Waals surface area contributed by atoms with Crippen LogP contribution in [-0.4, -0.2) is 74.0 Å². The molecular formula is C13H26Br2N4Zn. The number of likely N-dealkylation sites (N-methyl/N-ethyl adjacent to an activating group) is 3. The predicted molar refractivity (Wildman–Crippen MR) is 90.3 cm³/mol. The molecule has 0 N–H and O–H groups in total. The molecule has 7 heteroatoms. The van der Waals surface area contributed by atoms with E-state index >= 15 is 0 Å². The first-order valence-corrected chi connectivity index (χ1v) is 21.2. The van der Waals surface area contributed by atoms with E-state index in [9.17, 15) is 0 Å². The number of aliphatic imine (C=N–C) groups is 1. The summed E-state index contributed by atoms with van der Waals surface area (Å²) >= 11 is 6.25. The average molecular weight is 464 g/mol. The number of hydrogen-bond acceptors (Lipinski definition) is 2. The van der Waals surface area contributed by atoms with Gasteiger partial charge >= 0.3 is 40.5 Å². The summed E-state index contributed by atoms with van der Waals surface area (Å²) in [4.78, 5) is 11.9. The van der Waals surface area contributed by atoms with Crippen molar-refractivity contribution in [1.29, 1.82) is 0 Å². The Kier molecular flexibility index (Phi) is 9.20. The number of halogens is 2. The van der Waals surface area contributed by atoms with Crippen molar-refractivity contribution in [3.63, 3.8) is 0 Å². The topological polar surface area (TPSA) is 22.1 Å². The van der Waals surface area contributed by atoms with Crippen molar-refractivity contribution in [2.45, 2.75) is 37.8 Å². The molecule has 0 aromatic rings. The Morgan fingerprint density at radius 3 is 2.10 bits per heavy atom. The molecule has 2 aliphatic rings. The molecule has 0 aromatic carbocycles. The van der Waals surface area contributed by atoms with Crippen LogP contribution in [0.15, 0.2) is 4.99 Å². The number of nitrogens with zero attached hydrogens (tertiary/aromatic N) is 4. The number of hydrogen-bond donors (Lipinski definition) is 0. The molecule has 1 heterocycles. The monoisotopic (exact) mass is 460 g/mol. The van der Waals surface area contributed by atoms with Crippen LogP contribution in [0.4, 0.5) is 0 Å². The Bertz CT molecular complexity index is 303. The van der Waals surface area contributed by atoms with Gasteiger partial charge in [-0.3, -0.25) is 0 Å². The van der Waals surface area contributed by atoms with Crippen LogP contribution >= 0.6 is 27.2 Å². The Labute approximate surface area is 144 Å². The molecule has 114 valence electrons. The summed E-state index contributed by atoms with van der Waals surface area (Å²) in [5.41, 5.74) is 0. The van der Waals surface area contributed by atoms with Gasteiger partial charge in [0.1, 0.15) is 0 Å². The zero-order chi connectivity index (χ0) is 15.1. The van der Waals surface area contributed by atoms with E-state index in [1.807, 2.05) is 0 Å². The summed E-state index contributed by atoms with van der Waals surface area (Å²) in [5, 5.41) is 0. The van der Waals surface area contributed by atoms with Gasteiger partial charge in [-0.1, -0.05) is 12.8 Å². The third-order valence-corrected chi connectivity index (χ3v) is 4.09. The Balaban J connectivity index is 0.000000612. The van der Waals surface area contributed by atoms with Gasteiger partial charge in [-0.05, 0) is 26.9 Å². The van der Waals surface area contributed by atoms with Gasteiger partial charge in [-0.2, -0.15) is 0 Å². The van der Waals surface area contributed by atoms with Gasteiger partial charge in [0.05, 0.1) is 6.04 Å². The Hall–Kier alpha value is 0.813. The number of guanidine groups is 1. The van der Waals surface area contributed by atoms with E-state index in [0.29, 0.717) is 12.1 Å². The molecule has 2 fully saturated rings. The molecule has 1 aliphatic heterocycles. The van der Waals surface area contributed by atoms with Crippen LogP contribution in [-0.2, 0) is 13.2 Å². The van der Waals surface area contributed by atoms with E-state index in [4.69, 9.17) is 4.99 Å². The molecule has 1 saturated carbocycles. The van der Waals surface area contributed by atoms with Crippen LogP contribution in [0.5, 0.6) is 0 Å². The zero-order valence-corrected chi connectivity index (χ0v) is 19.3. The molecule has 2 atom stereocenters. The maximum absolute atomic E-state index is 5.03. The fourth-order valence-corrected chi connectivity index (χ4v) is 2.98. The summed E-state index contributed by atoms with van der Waals surface area (Å²) in [7, 11) is 8.67. The van der Waals surface area contributed by atoms with Gasteiger partial charge < -0.3 is 14.7 Å². The van der Waals surface area contributed by atoms with Gasteiger partial charge in [0.25, 0.3) is 0 Å². The zero-order valence-electron chi connectivity index (χ0n) is 13.1. The van der Waals surface area contributed by atoms with E-state index in [1.54, 1.807) is 0 Å². The van der Waals surface area contributed by atoms with Gasteiger partial charge in [-0.25, -0.2) is 4.99 Å². The normalized spacial score (nSPS) is 26.2. The summed E-state index contributed by atoms with van der Waals surface area (Å²) in [6.07, 6.45) is 5.23. The summed E-state index contributed by atoms with van der Waals surface area (Å²) in [6.45, 7) is 2.21. The predicted octanol–water partition coefficient (Wildman–Crippen LogP) is 2.78. The molecule has 20 heavy (non-hydrogen) atoms. The first-order chi connectivity index (χ1) is 9.51. The van der Waals surface area contributed by atoms with Crippen LogP contribution in [0, 0.1) is 0 Å². The van der Waals surface area contributed by atoms with E-state index in [0.717, 1.165) is 13.1 Å². The van der Waals surface area contributed by atoms with Crippen LogP contribution in [0.2, 0.25) is 0 Å². The van der Waals surface area contributed by atoms with Crippen molar-refractivity contribution in [1.82, 2.24) is 14.7 Å². The molecule has 0 aromatic heterocycles. The molecule has 0 spiro atoms. The Morgan fingerprint density at radius 1 is 1.10 bits per heavy atom. The second-order valence-electron chi connectivity index (χ2n) is 5.76. The molecule has 4 nitrogen and oxygen atoms in total. The number of rotatable bonds is 2. The second kappa shape index (κ2) is 9.75. The van der Waals surface area contributed by atoms with Crippen molar-refractivity contribution in [2.75, 3.05) is 41.3 Å². The van der Waals surface area contributed by atoms with Crippen LogP contribution in [0.1, 0.15) is 25.7 Å². The molecule has 1 aliphatic carbocycles. The van der Waals surface area contributed by atoms with Crippen molar-refractivity contribution in [3.05, 3.63) is 0 Å². The van der Waals surface area contributed by atoms with Gasteiger partial charge in [0.15, 0.2) is 5.96 Å². The second-order valence-corrected chi connectivity index (χ2v) is 19.8. The fourth-order valence-electron chi connectivity index (χ4n) is 2.98. The first kappa shape index (κ1) is 18.9. The van der Waals surface area contributed by atoms with E-state index in [2.05, 4.69) is 70.1 Å². The third-order valence-electron chi connectivity index (χ3n) is 4.09. The van der Waals surface area contributed by atoms with Crippen LogP contribution in [0.3, 0.4) is 0 Å². The fraction of sp³-hybridized carbons (Fsp3) is 0.923. The average Bonchev–Trinajstić information content (AvgIpc) is 2.72. The standard InChI is InChI=1S/C13H26N4.2BrH.Zn/c1-15(2)12-8-6-5-7-11(12)14-13-16(3)9-10-17(13)4;;;/h11-12H,5-10H2,1-4H3;2*1H;/q;;;+2/p-2/t11-,12-;;;/m1.../s1. The van der Waals surface area contributed by atoms with E-state index in [1.165, 1.54) is 31.6 Å². The molecule has 2 rings (SSSR count). The van der Waals surface area contributed by atoms with Crippen LogP contribution in [0.25, 0.3) is 0 Å². The van der Waals surface area contributed by atoms with Gasteiger partial charge in [-0.15, -0.1) is 0 Å². The molecule has 0 unspecified atom stereocenters. The summed E-state index contributed by atoms with van der Waals surface area (Å²) < 4.78 is 0. The third kappa shape index (κ3) is 5.54. The van der Waals surface area contributed by atoms with Gasteiger partial charge in [0, 0.05) is 33.2 Å². The summed E-state index contributed by atoms with van der Waals surface area (Å²) in [6, 6.07) is 1.11. The van der Waals surface area contributed by atoms with E-state index in [-0.39, 0.29) is 13.2 Å². The quantitative estimate of drug-likeness (QED) is 0.588. The SMILES string of the molecule is CN1CCN(C)C1=N[C@@H]1CCCC[C@H]1N(C)C.[Br][Zn][Br]. The molecule has 0 bridgehead atoms.